The second kappa shape index (κ2) is 9.58. The van der Waals surface area contributed by atoms with Gasteiger partial charge in [0, 0.05) is 17.2 Å². The van der Waals surface area contributed by atoms with Crippen molar-refractivity contribution >= 4 is 11.4 Å². The number of halogens is 1. The first-order chi connectivity index (χ1) is 12.6. The molecule has 0 aliphatic carbocycles. The second-order valence-corrected chi connectivity index (χ2v) is 8.70. The number of nitrogens with zero attached hydrogens (tertiary/aromatic N) is 2. The van der Waals surface area contributed by atoms with Gasteiger partial charge in [-0.2, -0.15) is 0 Å². The summed E-state index contributed by atoms with van der Waals surface area (Å²) in [7, 11) is 0. The van der Waals surface area contributed by atoms with Crippen LogP contribution in [0.3, 0.4) is 0 Å². The monoisotopic (exact) mass is 406 g/mol. The van der Waals surface area contributed by atoms with E-state index in [2.05, 4.69) is 0 Å². The van der Waals surface area contributed by atoms with Gasteiger partial charge in [0.25, 0.3) is 11.4 Å². The van der Waals surface area contributed by atoms with Crippen LogP contribution in [-0.4, -0.2) is 9.85 Å². The van der Waals surface area contributed by atoms with Crippen LogP contribution in [0.2, 0.25) is 0 Å². The SMILES string of the molecule is C.CC(C)(C)c1ccc(F)cc1[N+](=O)[O-].Cc1ccc([N+](=O)[O-])c(C(C)(C)C)c1. The molecule has 0 aromatic heterocycles. The van der Waals surface area contributed by atoms with E-state index in [1.165, 1.54) is 12.1 Å². The van der Waals surface area contributed by atoms with Crippen molar-refractivity contribution < 1.29 is 14.2 Å². The van der Waals surface area contributed by atoms with Gasteiger partial charge in [-0.3, -0.25) is 20.2 Å². The van der Waals surface area contributed by atoms with E-state index in [9.17, 15) is 24.6 Å². The van der Waals surface area contributed by atoms with E-state index in [0.29, 0.717) is 5.56 Å². The van der Waals surface area contributed by atoms with Gasteiger partial charge in [-0.1, -0.05) is 60.6 Å². The molecule has 0 N–H and O–H groups in total. The van der Waals surface area contributed by atoms with Crippen LogP contribution in [0.25, 0.3) is 0 Å². The minimum atomic E-state index is -0.579. The molecule has 0 saturated heterocycles. The Morgan fingerprint density at radius 1 is 0.759 bits per heavy atom. The molecule has 2 rings (SSSR count). The highest BCUT2D eigenvalue weighted by atomic mass is 19.1. The summed E-state index contributed by atoms with van der Waals surface area (Å²) >= 11 is 0. The third-order valence-electron chi connectivity index (χ3n) is 4.12. The zero-order valence-electron chi connectivity index (χ0n) is 17.4. The summed E-state index contributed by atoms with van der Waals surface area (Å²) in [4.78, 5) is 20.6. The molecule has 160 valence electrons. The topological polar surface area (TPSA) is 86.3 Å². The maximum Gasteiger partial charge on any atom is 0.276 e. The fourth-order valence-electron chi connectivity index (χ4n) is 2.70. The number of benzene rings is 2. The molecule has 29 heavy (non-hydrogen) atoms. The molecule has 0 saturated carbocycles. The summed E-state index contributed by atoms with van der Waals surface area (Å²) < 4.78 is 12.8. The predicted octanol–water partition coefficient (Wildman–Crippen LogP) is 6.87. The van der Waals surface area contributed by atoms with Crippen LogP contribution in [0.5, 0.6) is 0 Å². The van der Waals surface area contributed by atoms with Crippen LogP contribution in [0.1, 0.15) is 65.7 Å². The molecule has 0 spiro atoms. The van der Waals surface area contributed by atoms with Gasteiger partial charge in [-0.25, -0.2) is 4.39 Å². The lowest BCUT2D eigenvalue weighted by atomic mass is 9.85. The Balaban J connectivity index is 0.000000523. The number of rotatable bonds is 2. The van der Waals surface area contributed by atoms with Gasteiger partial charge < -0.3 is 0 Å². The van der Waals surface area contributed by atoms with Crippen LogP contribution in [-0.2, 0) is 10.8 Å². The van der Waals surface area contributed by atoms with E-state index >= 15 is 0 Å². The average Bonchev–Trinajstić information content (AvgIpc) is 2.53. The van der Waals surface area contributed by atoms with Crippen molar-refractivity contribution in [3.63, 3.8) is 0 Å². The molecular weight excluding hydrogens is 375 g/mol. The summed E-state index contributed by atoms with van der Waals surface area (Å²) in [6.07, 6.45) is 0. The Labute approximate surface area is 172 Å². The Morgan fingerprint density at radius 3 is 1.66 bits per heavy atom. The number of hydrogen-bond acceptors (Lipinski definition) is 4. The van der Waals surface area contributed by atoms with Crippen molar-refractivity contribution in [3.05, 3.63) is 79.1 Å². The van der Waals surface area contributed by atoms with E-state index in [1.54, 1.807) is 12.1 Å². The lowest BCUT2D eigenvalue weighted by molar-refractivity contribution is -0.386. The van der Waals surface area contributed by atoms with Crippen molar-refractivity contribution in [2.75, 3.05) is 0 Å². The highest BCUT2D eigenvalue weighted by molar-refractivity contribution is 5.46. The summed E-state index contributed by atoms with van der Waals surface area (Å²) in [5.41, 5.74) is 1.91. The Bertz CT molecular complexity index is 881. The molecule has 0 unspecified atom stereocenters. The third-order valence-corrected chi connectivity index (χ3v) is 4.12. The van der Waals surface area contributed by atoms with Crippen molar-refractivity contribution in [3.8, 4) is 0 Å². The highest BCUT2D eigenvalue weighted by Gasteiger charge is 2.25. The number of nitro benzene ring substituents is 2. The first-order valence-electron chi connectivity index (χ1n) is 8.84. The van der Waals surface area contributed by atoms with Crippen LogP contribution >= 0.6 is 0 Å². The van der Waals surface area contributed by atoms with Gasteiger partial charge in [0.2, 0.25) is 0 Å². The van der Waals surface area contributed by atoms with Gasteiger partial charge in [0.05, 0.1) is 15.9 Å². The summed E-state index contributed by atoms with van der Waals surface area (Å²) in [5.74, 6) is -0.579. The second-order valence-electron chi connectivity index (χ2n) is 8.70. The fraction of sp³-hybridized carbons (Fsp3) is 0.455. The summed E-state index contributed by atoms with van der Waals surface area (Å²) in [6, 6.07) is 8.91. The molecule has 0 bridgehead atoms. The number of nitro groups is 2. The molecule has 0 fully saturated rings. The highest BCUT2D eigenvalue weighted by Crippen LogP contribution is 2.32. The van der Waals surface area contributed by atoms with Gasteiger partial charge in [-0.05, 0) is 36.0 Å². The van der Waals surface area contributed by atoms with Crippen LogP contribution in [0.15, 0.2) is 36.4 Å². The first-order valence-corrected chi connectivity index (χ1v) is 8.84. The minimum Gasteiger partial charge on any atom is -0.258 e. The largest absolute Gasteiger partial charge is 0.276 e. The van der Waals surface area contributed by atoms with Gasteiger partial charge in [0.1, 0.15) is 5.82 Å². The first kappa shape index (κ1) is 26.2. The number of aryl methyl sites for hydroxylation is 1. The maximum absolute atomic E-state index is 12.8. The van der Waals surface area contributed by atoms with Crippen LogP contribution in [0.4, 0.5) is 15.8 Å². The van der Waals surface area contributed by atoms with Crippen LogP contribution < -0.4 is 0 Å². The lowest BCUT2D eigenvalue weighted by Gasteiger charge is -2.19. The molecule has 6 nitrogen and oxygen atoms in total. The Morgan fingerprint density at radius 2 is 1.24 bits per heavy atom. The molecule has 0 amide bonds. The fourth-order valence-corrected chi connectivity index (χ4v) is 2.70. The van der Waals surface area contributed by atoms with Crippen LogP contribution in [0, 0.1) is 33.0 Å². The standard InChI is InChI=1S/C11H15NO2.C10H12FNO2.CH4/c1-8-5-6-10(12(13)14)9(7-8)11(2,3)4;1-10(2,3)8-5-4-7(11)6-9(8)12(13)14;/h5-7H,1-4H3;4-6H,1-3H3;1H4. The van der Waals surface area contributed by atoms with E-state index in [0.717, 1.165) is 17.2 Å². The summed E-state index contributed by atoms with van der Waals surface area (Å²) in [6.45, 7) is 13.4. The molecule has 0 radical (unpaired) electrons. The van der Waals surface area contributed by atoms with Gasteiger partial charge in [0.15, 0.2) is 0 Å². The quantitative estimate of drug-likeness (QED) is 0.402. The third kappa shape index (κ3) is 7.25. The van der Waals surface area contributed by atoms with Gasteiger partial charge in [-0.15, -0.1) is 0 Å². The smallest absolute Gasteiger partial charge is 0.258 e. The molecule has 2 aromatic carbocycles. The average molecular weight is 406 g/mol. The Hall–Kier alpha value is -2.83. The zero-order chi connectivity index (χ0) is 21.9. The molecule has 0 aliphatic heterocycles. The Kier molecular flexibility index (Phi) is 8.65. The van der Waals surface area contributed by atoms with Crippen molar-refractivity contribution in [1.29, 1.82) is 0 Å². The molecule has 7 heteroatoms. The van der Waals surface area contributed by atoms with Gasteiger partial charge >= 0.3 is 0 Å². The van der Waals surface area contributed by atoms with Crippen molar-refractivity contribution in [1.82, 2.24) is 0 Å². The zero-order valence-corrected chi connectivity index (χ0v) is 17.4. The van der Waals surface area contributed by atoms with E-state index in [4.69, 9.17) is 0 Å². The van der Waals surface area contributed by atoms with Crippen molar-refractivity contribution in [2.45, 2.75) is 66.7 Å². The molecular formula is C22H31FN2O4. The normalized spacial score (nSPS) is 11.0. The van der Waals surface area contributed by atoms with E-state index in [-0.39, 0.29) is 34.6 Å². The molecule has 0 aliphatic rings. The summed E-state index contributed by atoms with van der Waals surface area (Å²) in [5, 5.41) is 21.4. The van der Waals surface area contributed by atoms with E-state index < -0.39 is 10.7 Å². The minimum absolute atomic E-state index is 0. The molecule has 0 heterocycles. The maximum atomic E-state index is 12.8. The lowest BCUT2D eigenvalue weighted by Crippen LogP contribution is -2.13. The molecule has 2 aromatic rings. The molecule has 0 atom stereocenters. The predicted molar refractivity (Wildman–Crippen MR) is 115 cm³/mol. The van der Waals surface area contributed by atoms with Crippen molar-refractivity contribution in [2.24, 2.45) is 0 Å². The van der Waals surface area contributed by atoms with E-state index in [1.807, 2.05) is 54.5 Å². The number of hydrogen-bond donors (Lipinski definition) is 0.